The van der Waals surface area contributed by atoms with Crippen LogP contribution in [0.15, 0.2) is 36.8 Å². The van der Waals surface area contributed by atoms with Crippen molar-refractivity contribution in [3.63, 3.8) is 0 Å². The lowest BCUT2D eigenvalue weighted by atomic mass is 10.1. The van der Waals surface area contributed by atoms with Gasteiger partial charge in [-0.15, -0.1) is 0 Å². The minimum absolute atomic E-state index is 0.637. The van der Waals surface area contributed by atoms with Crippen molar-refractivity contribution in [2.45, 2.75) is 24.8 Å². The smallest absolute Gasteiger partial charge is 0.225 e. The Morgan fingerprint density at radius 1 is 0.840 bits per heavy atom. The zero-order valence-corrected chi connectivity index (χ0v) is 14.5. The first-order valence-corrected chi connectivity index (χ1v) is 9.34. The molecule has 25 heavy (non-hydrogen) atoms. The average Bonchev–Trinajstić information content (AvgIpc) is 3.48. The van der Waals surface area contributed by atoms with Gasteiger partial charge in [-0.25, -0.2) is 15.0 Å². The predicted molar refractivity (Wildman–Crippen MR) is 98.0 cm³/mol. The van der Waals surface area contributed by atoms with E-state index in [0.717, 1.165) is 57.0 Å². The fourth-order valence-electron chi connectivity index (χ4n) is 3.83. The van der Waals surface area contributed by atoms with Crippen molar-refractivity contribution in [3.05, 3.63) is 42.4 Å². The second kappa shape index (κ2) is 6.26. The lowest BCUT2D eigenvalue weighted by Crippen LogP contribution is -2.63. The first-order valence-electron chi connectivity index (χ1n) is 9.34. The Labute approximate surface area is 148 Å². The summed E-state index contributed by atoms with van der Waals surface area (Å²) in [6.45, 7) is 6.42. The van der Waals surface area contributed by atoms with Gasteiger partial charge in [0.15, 0.2) is 0 Å². The molecule has 0 aromatic carbocycles. The van der Waals surface area contributed by atoms with Gasteiger partial charge in [-0.2, -0.15) is 0 Å². The highest BCUT2D eigenvalue weighted by Crippen LogP contribution is 2.39. The van der Waals surface area contributed by atoms with Crippen molar-refractivity contribution in [1.29, 1.82) is 0 Å². The van der Waals surface area contributed by atoms with E-state index in [9.17, 15) is 0 Å². The van der Waals surface area contributed by atoms with Gasteiger partial charge in [0, 0.05) is 63.9 Å². The molecule has 3 fully saturated rings. The summed E-state index contributed by atoms with van der Waals surface area (Å²) >= 11 is 0. The second-order valence-corrected chi connectivity index (χ2v) is 7.36. The third-order valence-corrected chi connectivity index (χ3v) is 5.66. The van der Waals surface area contributed by atoms with E-state index in [1.807, 2.05) is 24.7 Å². The van der Waals surface area contributed by atoms with Crippen LogP contribution in [0.2, 0.25) is 0 Å². The fraction of sp³-hybridized carbons (Fsp3) is 0.526. The number of hydrogen-bond donors (Lipinski definition) is 0. The standard InChI is InChI=1S/C19H24N6/c1-2-6-20-18(3-1)24-9-7-23(8-10-24)17-13-25(14-17)19-21-11-16(12-22-19)15-4-5-15/h1-3,6,11-12,15,17H,4-5,7-10,13-14H2. The van der Waals surface area contributed by atoms with E-state index in [1.54, 1.807) is 0 Å². The summed E-state index contributed by atoms with van der Waals surface area (Å²) in [5.41, 5.74) is 1.31. The zero-order valence-electron chi connectivity index (χ0n) is 14.5. The van der Waals surface area contributed by atoms with Crippen LogP contribution in [-0.4, -0.2) is 65.2 Å². The maximum Gasteiger partial charge on any atom is 0.225 e. The highest BCUT2D eigenvalue weighted by Gasteiger charge is 2.35. The monoisotopic (exact) mass is 336 g/mol. The molecule has 3 aliphatic rings. The Morgan fingerprint density at radius 2 is 1.60 bits per heavy atom. The quantitative estimate of drug-likeness (QED) is 0.848. The molecule has 2 aromatic heterocycles. The first kappa shape index (κ1) is 15.1. The number of aromatic nitrogens is 3. The van der Waals surface area contributed by atoms with Crippen LogP contribution >= 0.6 is 0 Å². The number of anilines is 2. The minimum atomic E-state index is 0.637. The summed E-state index contributed by atoms with van der Waals surface area (Å²) in [6, 6.07) is 6.77. The molecule has 5 rings (SSSR count). The molecule has 0 unspecified atom stereocenters. The number of rotatable bonds is 4. The van der Waals surface area contributed by atoms with E-state index in [2.05, 4.69) is 41.8 Å². The van der Waals surface area contributed by atoms with Gasteiger partial charge in [0.05, 0.1) is 0 Å². The Balaban J connectivity index is 1.12. The summed E-state index contributed by atoms with van der Waals surface area (Å²) in [5.74, 6) is 2.72. The molecule has 0 bridgehead atoms. The molecule has 6 heteroatoms. The molecule has 1 aliphatic carbocycles. The molecule has 6 nitrogen and oxygen atoms in total. The summed E-state index contributed by atoms with van der Waals surface area (Å²) in [6.07, 6.45) is 8.54. The SMILES string of the molecule is c1ccc(N2CCN(C3CN(c4ncc(C5CC5)cn4)C3)CC2)nc1. The molecular formula is C19H24N6. The molecule has 130 valence electrons. The van der Waals surface area contributed by atoms with E-state index < -0.39 is 0 Å². The van der Waals surface area contributed by atoms with E-state index in [-0.39, 0.29) is 0 Å². The summed E-state index contributed by atoms with van der Waals surface area (Å²) in [4.78, 5) is 20.9. The third kappa shape index (κ3) is 3.06. The van der Waals surface area contributed by atoms with Crippen molar-refractivity contribution < 1.29 is 0 Å². The fourth-order valence-corrected chi connectivity index (χ4v) is 3.83. The van der Waals surface area contributed by atoms with E-state index in [0.29, 0.717) is 6.04 Å². The summed E-state index contributed by atoms with van der Waals surface area (Å²) in [5, 5.41) is 0. The lowest BCUT2D eigenvalue weighted by molar-refractivity contribution is 0.156. The van der Waals surface area contributed by atoms with Crippen molar-refractivity contribution in [2.75, 3.05) is 49.1 Å². The van der Waals surface area contributed by atoms with E-state index >= 15 is 0 Å². The normalized spacial score (nSPS) is 22.1. The van der Waals surface area contributed by atoms with Crippen LogP contribution in [0.25, 0.3) is 0 Å². The largest absolute Gasteiger partial charge is 0.354 e. The molecule has 0 N–H and O–H groups in total. The average molecular weight is 336 g/mol. The van der Waals surface area contributed by atoms with Gasteiger partial charge in [0.2, 0.25) is 5.95 Å². The Kier molecular flexibility index (Phi) is 3.77. The van der Waals surface area contributed by atoms with Crippen LogP contribution in [0.5, 0.6) is 0 Å². The molecule has 0 atom stereocenters. The summed E-state index contributed by atoms with van der Waals surface area (Å²) < 4.78 is 0. The van der Waals surface area contributed by atoms with Crippen molar-refractivity contribution in [1.82, 2.24) is 19.9 Å². The van der Waals surface area contributed by atoms with Gasteiger partial charge < -0.3 is 9.80 Å². The Hall–Kier alpha value is -2.21. The molecule has 2 saturated heterocycles. The van der Waals surface area contributed by atoms with Gasteiger partial charge in [0.1, 0.15) is 5.82 Å². The van der Waals surface area contributed by atoms with Crippen LogP contribution in [0, 0.1) is 0 Å². The Morgan fingerprint density at radius 3 is 2.24 bits per heavy atom. The van der Waals surface area contributed by atoms with Crippen LogP contribution in [0.1, 0.15) is 24.3 Å². The van der Waals surface area contributed by atoms with Gasteiger partial charge >= 0.3 is 0 Å². The zero-order chi connectivity index (χ0) is 16.6. The molecule has 0 radical (unpaired) electrons. The van der Waals surface area contributed by atoms with Crippen molar-refractivity contribution >= 4 is 11.8 Å². The van der Waals surface area contributed by atoms with E-state index in [1.165, 1.54) is 18.4 Å². The summed E-state index contributed by atoms with van der Waals surface area (Å²) in [7, 11) is 0. The van der Waals surface area contributed by atoms with Gasteiger partial charge in [-0.3, -0.25) is 4.90 Å². The molecule has 4 heterocycles. The van der Waals surface area contributed by atoms with Crippen LogP contribution < -0.4 is 9.80 Å². The van der Waals surface area contributed by atoms with Crippen LogP contribution in [-0.2, 0) is 0 Å². The topological polar surface area (TPSA) is 48.4 Å². The maximum atomic E-state index is 4.57. The van der Waals surface area contributed by atoms with Gasteiger partial charge in [-0.05, 0) is 36.5 Å². The highest BCUT2D eigenvalue weighted by molar-refractivity contribution is 5.39. The predicted octanol–water partition coefficient (Wildman–Crippen LogP) is 1.76. The van der Waals surface area contributed by atoms with Gasteiger partial charge in [-0.1, -0.05) is 6.07 Å². The highest BCUT2D eigenvalue weighted by atomic mass is 15.4. The number of pyridine rings is 1. The molecule has 2 aromatic rings. The molecular weight excluding hydrogens is 312 g/mol. The van der Waals surface area contributed by atoms with Gasteiger partial charge in [0.25, 0.3) is 0 Å². The molecule has 0 spiro atoms. The van der Waals surface area contributed by atoms with Crippen LogP contribution in [0.3, 0.4) is 0 Å². The minimum Gasteiger partial charge on any atom is -0.354 e. The molecule has 0 amide bonds. The van der Waals surface area contributed by atoms with E-state index in [4.69, 9.17) is 0 Å². The molecule has 2 aliphatic heterocycles. The Bertz CT molecular complexity index is 700. The third-order valence-electron chi connectivity index (χ3n) is 5.66. The second-order valence-electron chi connectivity index (χ2n) is 7.36. The number of nitrogens with zero attached hydrogens (tertiary/aromatic N) is 6. The van der Waals surface area contributed by atoms with Crippen molar-refractivity contribution in [2.24, 2.45) is 0 Å². The number of piperazine rings is 1. The maximum absolute atomic E-state index is 4.57. The lowest BCUT2D eigenvalue weighted by Gasteiger charge is -2.48. The number of hydrogen-bond acceptors (Lipinski definition) is 6. The van der Waals surface area contributed by atoms with Crippen molar-refractivity contribution in [3.8, 4) is 0 Å². The molecule has 1 saturated carbocycles. The first-order chi connectivity index (χ1) is 12.4. The van der Waals surface area contributed by atoms with Crippen LogP contribution in [0.4, 0.5) is 11.8 Å².